The van der Waals surface area contributed by atoms with Crippen LogP contribution in [0.5, 0.6) is 0 Å². The number of benzene rings is 1. The summed E-state index contributed by atoms with van der Waals surface area (Å²) in [7, 11) is 1.86. The number of unbranched alkanes of at least 4 members (excludes halogenated alkanes) is 1. The van der Waals surface area contributed by atoms with Crippen molar-refractivity contribution in [1.29, 1.82) is 0 Å². The monoisotopic (exact) mass is 338 g/mol. The van der Waals surface area contributed by atoms with Gasteiger partial charge in [-0.2, -0.15) is 0 Å². The summed E-state index contributed by atoms with van der Waals surface area (Å²) in [6.45, 7) is 3.16. The molecule has 0 amide bonds. The lowest BCUT2D eigenvalue weighted by molar-refractivity contribution is 0.0442. The van der Waals surface area contributed by atoms with Crippen LogP contribution < -0.4 is 0 Å². The molecule has 0 aliphatic heterocycles. The maximum Gasteiger partial charge on any atom is 0.0558 e. The Kier molecular flexibility index (Phi) is 6.53. The summed E-state index contributed by atoms with van der Waals surface area (Å²) in [5.41, 5.74) is 2.90. The fourth-order valence-corrected chi connectivity index (χ4v) is 4.85. The van der Waals surface area contributed by atoms with E-state index in [1.807, 2.05) is 7.11 Å². The zero-order valence-corrected chi connectivity index (χ0v) is 16.0. The normalized spacial score (nSPS) is 29.4. The summed E-state index contributed by atoms with van der Waals surface area (Å²) >= 11 is 0. The van der Waals surface area contributed by atoms with E-state index in [0.717, 1.165) is 24.9 Å². The molecule has 1 aromatic carbocycles. The summed E-state index contributed by atoms with van der Waals surface area (Å²) in [4.78, 5) is 0. The molecule has 0 N–H and O–H groups in total. The molecule has 0 saturated heterocycles. The van der Waals surface area contributed by atoms with E-state index in [2.05, 4.69) is 55.5 Å². The van der Waals surface area contributed by atoms with Crippen LogP contribution in [0.25, 0.3) is 5.57 Å². The third-order valence-corrected chi connectivity index (χ3v) is 6.44. The molecule has 0 bridgehead atoms. The van der Waals surface area contributed by atoms with E-state index < -0.39 is 0 Å². The van der Waals surface area contributed by atoms with Gasteiger partial charge in [0.1, 0.15) is 0 Å². The minimum absolute atomic E-state index is 0.211. The number of hydrogen-bond donors (Lipinski definition) is 0. The Balaban J connectivity index is 1.66. The van der Waals surface area contributed by atoms with Crippen LogP contribution in [0, 0.1) is 17.3 Å². The highest BCUT2D eigenvalue weighted by molar-refractivity contribution is 5.75. The Morgan fingerprint density at radius 2 is 1.84 bits per heavy atom. The lowest BCUT2D eigenvalue weighted by Gasteiger charge is -2.43. The fraction of sp³-hybridized carbons (Fsp3) is 0.583. The van der Waals surface area contributed by atoms with Crippen molar-refractivity contribution in [2.24, 2.45) is 17.3 Å². The van der Waals surface area contributed by atoms with Crippen molar-refractivity contribution in [3.63, 3.8) is 0 Å². The van der Waals surface area contributed by atoms with E-state index in [1.165, 1.54) is 56.1 Å². The van der Waals surface area contributed by atoms with Crippen LogP contribution in [0.1, 0.15) is 63.9 Å². The predicted octanol–water partition coefficient (Wildman–Crippen LogP) is 6.66. The van der Waals surface area contributed by atoms with Crippen molar-refractivity contribution < 1.29 is 4.74 Å². The van der Waals surface area contributed by atoms with Gasteiger partial charge in [0.2, 0.25) is 0 Å². The van der Waals surface area contributed by atoms with Crippen molar-refractivity contribution in [2.45, 2.75) is 58.3 Å². The molecular formula is C24H34O. The van der Waals surface area contributed by atoms with Gasteiger partial charge < -0.3 is 4.74 Å². The molecule has 0 spiro atoms. The Labute approximate surface area is 154 Å². The van der Waals surface area contributed by atoms with Gasteiger partial charge in [0.25, 0.3) is 0 Å². The number of ether oxygens (including phenoxy) is 1. The number of rotatable bonds is 7. The lowest BCUT2D eigenvalue weighted by Crippen LogP contribution is -2.36. The Hall–Kier alpha value is -1.34. The first-order valence-electron chi connectivity index (χ1n) is 10.2. The second-order valence-electron chi connectivity index (χ2n) is 8.09. The molecule has 1 nitrogen and oxygen atoms in total. The molecule has 25 heavy (non-hydrogen) atoms. The third-order valence-electron chi connectivity index (χ3n) is 6.44. The van der Waals surface area contributed by atoms with E-state index in [4.69, 9.17) is 4.74 Å². The number of methoxy groups -OCH3 is 1. The summed E-state index contributed by atoms with van der Waals surface area (Å²) in [6.07, 6.45) is 18.1. The highest BCUT2D eigenvalue weighted by Crippen LogP contribution is 2.47. The van der Waals surface area contributed by atoms with E-state index in [9.17, 15) is 0 Å². The first kappa shape index (κ1) is 18.5. The zero-order valence-electron chi connectivity index (χ0n) is 16.0. The van der Waals surface area contributed by atoms with Crippen LogP contribution in [0.2, 0.25) is 0 Å². The topological polar surface area (TPSA) is 9.23 Å². The molecule has 1 heteroatoms. The van der Waals surface area contributed by atoms with Gasteiger partial charge >= 0.3 is 0 Å². The largest absolute Gasteiger partial charge is 0.384 e. The molecule has 3 rings (SSSR count). The average Bonchev–Trinajstić information content (AvgIpc) is 2.68. The van der Waals surface area contributed by atoms with Gasteiger partial charge in [-0.25, -0.2) is 0 Å². The van der Waals surface area contributed by atoms with E-state index in [1.54, 1.807) is 0 Å². The predicted molar refractivity (Wildman–Crippen MR) is 107 cm³/mol. The average molecular weight is 339 g/mol. The van der Waals surface area contributed by atoms with Crippen LogP contribution in [-0.2, 0) is 4.74 Å². The van der Waals surface area contributed by atoms with Crippen LogP contribution >= 0.6 is 0 Å². The van der Waals surface area contributed by atoms with E-state index >= 15 is 0 Å². The Bertz CT molecular complexity index is 577. The highest BCUT2D eigenvalue weighted by atomic mass is 16.5. The number of hydrogen-bond acceptors (Lipinski definition) is 1. The van der Waals surface area contributed by atoms with Crippen molar-refractivity contribution in [3.8, 4) is 0 Å². The third kappa shape index (κ3) is 4.44. The molecule has 2 aliphatic rings. The second-order valence-corrected chi connectivity index (χ2v) is 8.09. The van der Waals surface area contributed by atoms with Crippen molar-refractivity contribution in [1.82, 2.24) is 0 Å². The molecule has 0 heterocycles. The van der Waals surface area contributed by atoms with E-state index in [0.29, 0.717) is 0 Å². The quantitative estimate of drug-likeness (QED) is 0.540. The molecule has 2 aliphatic carbocycles. The zero-order chi connectivity index (χ0) is 17.5. The van der Waals surface area contributed by atoms with Crippen LogP contribution in [0.4, 0.5) is 0 Å². The SMILES string of the molecule is CCCCC1CCC(C2(COC)C=CC(c3ccccc3)=CC2)CC1. The Morgan fingerprint density at radius 1 is 1.08 bits per heavy atom. The molecule has 1 saturated carbocycles. The van der Waals surface area contributed by atoms with Gasteiger partial charge in [-0.15, -0.1) is 0 Å². The maximum atomic E-state index is 5.69. The van der Waals surface area contributed by atoms with Gasteiger partial charge in [-0.05, 0) is 42.2 Å². The molecule has 0 radical (unpaired) electrons. The van der Waals surface area contributed by atoms with Gasteiger partial charge in [0.05, 0.1) is 6.61 Å². The van der Waals surface area contributed by atoms with Crippen LogP contribution in [0.15, 0.2) is 48.6 Å². The maximum absolute atomic E-state index is 5.69. The Morgan fingerprint density at radius 3 is 2.44 bits per heavy atom. The van der Waals surface area contributed by atoms with Crippen molar-refractivity contribution in [2.75, 3.05) is 13.7 Å². The summed E-state index contributed by atoms with van der Waals surface area (Å²) in [6, 6.07) is 10.7. The second kappa shape index (κ2) is 8.85. The minimum Gasteiger partial charge on any atom is -0.384 e. The summed E-state index contributed by atoms with van der Waals surface area (Å²) in [5.74, 6) is 1.74. The van der Waals surface area contributed by atoms with Gasteiger partial charge in [-0.1, -0.05) is 87.6 Å². The van der Waals surface area contributed by atoms with Crippen LogP contribution in [0.3, 0.4) is 0 Å². The molecule has 136 valence electrons. The van der Waals surface area contributed by atoms with E-state index in [-0.39, 0.29) is 5.41 Å². The lowest BCUT2D eigenvalue weighted by atomic mass is 9.63. The molecule has 1 unspecified atom stereocenters. The van der Waals surface area contributed by atoms with Gasteiger partial charge in [-0.3, -0.25) is 0 Å². The molecule has 0 aromatic heterocycles. The molecular weight excluding hydrogens is 304 g/mol. The van der Waals surface area contributed by atoms with Crippen LogP contribution in [-0.4, -0.2) is 13.7 Å². The number of allylic oxidation sites excluding steroid dienone is 3. The molecule has 1 fully saturated rings. The minimum atomic E-state index is 0.211. The smallest absolute Gasteiger partial charge is 0.0558 e. The standard InChI is InChI=1S/C24H34O/c1-3-4-8-20-11-13-23(14-12-20)24(19-25-2)17-15-22(16-18-24)21-9-6-5-7-10-21/h5-7,9-10,15-17,20,23H,3-4,8,11-14,18-19H2,1-2H3. The fourth-order valence-electron chi connectivity index (χ4n) is 4.85. The molecule has 1 aromatic rings. The van der Waals surface area contributed by atoms with Gasteiger partial charge in [0.15, 0.2) is 0 Å². The summed E-state index contributed by atoms with van der Waals surface area (Å²) in [5, 5.41) is 0. The van der Waals surface area contributed by atoms with Crippen molar-refractivity contribution in [3.05, 3.63) is 54.1 Å². The molecule has 1 atom stereocenters. The first-order chi connectivity index (χ1) is 12.3. The van der Waals surface area contributed by atoms with Gasteiger partial charge in [0, 0.05) is 12.5 Å². The highest BCUT2D eigenvalue weighted by Gasteiger charge is 2.39. The summed E-state index contributed by atoms with van der Waals surface area (Å²) < 4.78 is 5.69. The first-order valence-corrected chi connectivity index (χ1v) is 10.2. The van der Waals surface area contributed by atoms with Crippen molar-refractivity contribution >= 4 is 5.57 Å².